The first-order valence-corrected chi connectivity index (χ1v) is 5.42. The number of nitrogens with two attached hydrogens (primary N) is 1. The lowest BCUT2D eigenvalue weighted by Crippen LogP contribution is -2.16. The highest BCUT2D eigenvalue weighted by Gasteiger charge is 2.13. The van der Waals surface area contributed by atoms with Crippen LogP contribution in [0, 0.1) is 5.82 Å². The van der Waals surface area contributed by atoms with Gasteiger partial charge in [0.2, 0.25) is 0 Å². The number of benzene rings is 1. The minimum Gasteiger partial charge on any atom is -0.397 e. The van der Waals surface area contributed by atoms with E-state index in [1.165, 1.54) is 30.5 Å². The second-order valence-corrected chi connectivity index (χ2v) is 3.96. The summed E-state index contributed by atoms with van der Waals surface area (Å²) in [4.78, 5) is 15.7. The summed E-state index contributed by atoms with van der Waals surface area (Å²) >= 11 is 5.72. The zero-order chi connectivity index (χ0) is 13.1. The van der Waals surface area contributed by atoms with Crippen molar-refractivity contribution in [3.05, 3.63) is 53.1 Å². The lowest BCUT2D eigenvalue weighted by atomic mass is 10.2. The maximum atomic E-state index is 13.4. The van der Waals surface area contributed by atoms with Crippen molar-refractivity contribution in [3.8, 4) is 0 Å². The van der Waals surface area contributed by atoms with Gasteiger partial charge < -0.3 is 11.1 Å². The van der Waals surface area contributed by atoms with Gasteiger partial charge in [-0.3, -0.25) is 4.79 Å². The largest absolute Gasteiger partial charge is 0.397 e. The van der Waals surface area contributed by atoms with Crippen LogP contribution in [0.1, 0.15) is 10.5 Å². The number of nitrogens with zero attached hydrogens (tertiary/aromatic N) is 1. The summed E-state index contributed by atoms with van der Waals surface area (Å²) < 4.78 is 13.4. The van der Waals surface area contributed by atoms with Gasteiger partial charge in [0.1, 0.15) is 5.82 Å². The molecule has 1 amide bonds. The quantitative estimate of drug-likeness (QED) is 0.877. The maximum Gasteiger partial charge on any atom is 0.276 e. The van der Waals surface area contributed by atoms with Gasteiger partial charge in [-0.15, -0.1) is 0 Å². The molecular weight excluding hydrogens is 257 g/mol. The Labute approximate surface area is 108 Å². The van der Waals surface area contributed by atoms with Crippen molar-refractivity contribution in [2.75, 3.05) is 11.1 Å². The van der Waals surface area contributed by atoms with Gasteiger partial charge in [0.25, 0.3) is 5.91 Å². The van der Waals surface area contributed by atoms with E-state index in [-0.39, 0.29) is 17.1 Å². The van der Waals surface area contributed by atoms with Crippen molar-refractivity contribution in [2.24, 2.45) is 0 Å². The molecule has 0 radical (unpaired) electrons. The molecule has 0 aliphatic rings. The molecule has 0 aliphatic carbocycles. The summed E-state index contributed by atoms with van der Waals surface area (Å²) in [7, 11) is 0. The first-order valence-electron chi connectivity index (χ1n) is 5.05. The van der Waals surface area contributed by atoms with Gasteiger partial charge in [0.15, 0.2) is 5.69 Å². The average molecular weight is 266 g/mol. The van der Waals surface area contributed by atoms with E-state index in [0.717, 1.165) is 0 Å². The Morgan fingerprint density at radius 1 is 1.39 bits per heavy atom. The zero-order valence-electron chi connectivity index (χ0n) is 9.15. The Hall–Kier alpha value is -2.14. The van der Waals surface area contributed by atoms with Crippen LogP contribution in [0.15, 0.2) is 36.5 Å². The van der Waals surface area contributed by atoms with E-state index >= 15 is 0 Å². The van der Waals surface area contributed by atoms with Gasteiger partial charge in [0.05, 0.1) is 11.4 Å². The van der Waals surface area contributed by atoms with Crippen LogP contribution in [-0.4, -0.2) is 10.9 Å². The highest BCUT2D eigenvalue weighted by atomic mass is 35.5. The lowest BCUT2D eigenvalue weighted by molar-refractivity contribution is 0.102. The van der Waals surface area contributed by atoms with E-state index in [9.17, 15) is 9.18 Å². The Morgan fingerprint density at radius 3 is 2.89 bits per heavy atom. The van der Waals surface area contributed by atoms with Gasteiger partial charge in [-0.1, -0.05) is 11.6 Å². The molecule has 1 heterocycles. The second-order valence-electron chi connectivity index (χ2n) is 3.52. The summed E-state index contributed by atoms with van der Waals surface area (Å²) in [5.41, 5.74) is 5.84. The van der Waals surface area contributed by atoms with E-state index in [2.05, 4.69) is 10.3 Å². The number of pyridine rings is 1. The molecule has 1 aromatic heterocycles. The smallest absolute Gasteiger partial charge is 0.276 e. The van der Waals surface area contributed by atoms with Crippen molar-refractivity contribution in [1.82, 2.24) is 4.98 Å². The molecule has 1 aromatic carbocycles. The first kappa shape index (κ1) is 12.3. The van der Waals surface area contributed by atoms with Crippen molar-refractivity contribution in [3.63, 3.8) is 0 Å². The zero-order valence-corrected chi connectivity index (χ0v) is 9.91. The topological polar surface area (TPSA) is 68.0 Å². The van der Waals surface area contributed by atoms with Crippen LogP contribution in [0.5, 0.6) is 0 Å². The number of carbonyl (C=O) groups excluding carboxylic acids is 1. The number of amides is 1. The molecule has 3 N–H and O–H groups in total. The average Bonchev–Trinajstić information content (AvgIpc) is 2.34. The molecular formula is C12H9ClFN3O. The SMILES string of the molecule is Nc1cccnc1C(=O)Nc1cc(Cl)ccc1F. The van der Waals surface area contributed by atoms with Gasteiger partial charge in [-0.2, -0.15) is 0 Å². The summed E-state index contributed by atoms with van der Waals surface area (Å²) in [5, 5.41) is 2.69. The number of halogens is 2. The van der Waals surface area contributed by atoms with Crippen LogP contribution in [0.25, 0.3) is 0 Å². The van der Waals surface area contributed by atoms with E-state index in [1.54, 1.807) is 6.07 Å². The molecule has 0 saturated heterocycles. The molecule has 2 aromatic rings. The Morgan fingerprint density at radius 2 is 2.17 bits per heavy atom. The molecule has 92 valence electrons. The van der Waals surface area contributed by atoms with E-state index < -0.39 is 11.7 Å². The van der Waals surface area contributed by atoms with Crippen molar-refractivity contribution in [1.29, 1.82) is 0 Å². The number of hydrogen-bond acceptors (Lipinski definition) is 3. The Kier molecular flexibility index (Phi) is 3.43. The third-order valence-corrected chi connectivity index (χ3v) is 2.47. The van der Waals surface area contributed by atoms with Gasteiger partial charge >= 0.3 is 0 Å². The van der Waals surface area contributed by atoms with E-state index in [1.807, 2.05) is 0 Å². The highest BCUT2D eigenvalue weighted by molar-refractivity contribution is 6.31. The third-order valence-electron chi connectivity index (χ3n) is 2.23. The van der Waals surface area contributed by atoms with Crippen LogP contribution < -0.4 is 11.1 Å². The van der Waals surface area contributed by atoms with Crippen LogP contribution in [0.3, 0.4) is 0 Å². The number of carbonyl (C=O) groups is 1. The molecule has 0 bridgehead atoms. The molecule has 2 rings (SSSR count). The van der Waals surface area contributed by atoms with Gasteiger partial charge in [-0.05, 0) is 30.3 Å². The van der Waals surface area contributed by atoms with Crippen molar-refractivity contribution in [2.45, 2.75) is 0 Å². The molecule has 0 saturated carbocycles. The van der Waals surface area contributed by atoms with Crippen LogP contribution >= 0.6 is 11.6 Å². The molecule has 0 aliphatic heterocycles. The fourth-order valence-corrected chi connectivity index (χ4v) is 1.55. The lowest BCUT2D eigenvalue weighted by Gasteiger charge is -2.07. The van der Waals surface area contributed by atoms with Gasteiger partial charge in [-0.25, -0.2) is 9.37 Å². The molecule has 4 nitrogen and oxygen atoms in total. The summed E-state index contributed by atoms with van der Waals surface area (Å²) in [5.74, 6) is -1.17. The normalized spacial score (nSPS) is 10.1. The number of nitrogens with one attached hydrogen (secondary N) is 1. The number of rotatable bonds is 2. The number of nitrogen functional groups attached to an aromatic ring is 1. The van der Waals surface area contributed by atoms with Crippen molar-refractivity contribution < 1.29 is 9.18 Å². The predicted octanol–water partition coefficient (Wildman–Crippen LogP) is 2.71. The minimum atomic E-state index is -0.589. The summed E-state index contributed by atoms with van der Waals surface area (Å²) in [6.45, 7) is 0. The molecule has 6 heteroatoms. The maximum absolute atomic E-state index is 13.4. The molecule has 0 unspecified atom stereocenters. The number of aromatic nitrogens is 1. The summed E-state index contributed by atoms with van der Waals surface area (Å²) in [6, 6.07) is 7.01. The predicted molar refractivity (Wildman–Crippen MR) is 68.0 cm³/mol. The van der Waals surface area contributed by atoms with Crippen LogP contribution in [0.4, 0.5) is 15.8 Å². The Bertz CT molecular complexity index is 604. The van der Waals surface area contributed by atoms with Gasteiger partial charge in [0, 0.05) is 11.2 Å². The third kappa shape index (κ3) is 2.57. The number of anilines is 2. The molecule has 0 fully saturated rings. The van der Waals surface area contributed by atoms with E-state index in [0.29, 0.717) is 5.02 Å². The number of hydrogen-bond donors (Lipinski definition) is 2. The second kappa shape index (κ2) is 5.01. The Balaban J connectivity index is 2.27. The molecule has 0 spiro atoms. The fraction of sp³-hybridized carbons (Fsp3) is 0. The molecule has 18 heavy (non-hydrogen) atoms. The fourth-order valence-electron chi connectivity index (χ4n) is 1.38. The summed E-state index contributed by atoms with van der Waals surface area (Å²) in [6.07, 6.45) is 1.43. The van der Waals surface area contributed by atoms with Crippen LogP contribution in [0.2, 0.25) is 5.02 Å². The minimum absolute atomic E-state index is 0.0162. The standard InChI is InChI=1S/C12H9ClFN3O/c13-7-3-4-8(14)10(6-7)17-12(18)11-9(15)2-1-5-16-11/h1-6H,15H2,(H,17,18). The monoisotopic (exact) mass is 265 g/mol. The van der Waals surface area contributed by atoms with Crippen LogP contribution in [-0.2, 0) is 0 Å². The first-order chi connectivity index (χ1) is 8.58. The molecule has 0 atom stereocenters. The van der Waals surface area contributed by atoms with E-state index in [4.69, 9.17) is 17.3 Å². The highest BCUT2D eigenvalue weighted by Crippen LogP contribution is 2.20. The van der Waals surface area contributed by atoms with Crippen molar-refractivity contribution >= 4 is 28.9 Å².